The number of hydrogen-bond acceptors (Lipinski definition) is 5. The van der Waals surface area contributed by atoms with Gasteiger partial charge < -0.3 is 14.3 Å². The highest BCUT2D eigenvalue weighted by Gasteiger charge is 2.18. The third kappa shape index (κ3) is 3.70. The van der Waals surface area contributed by atoms with Gasteiger partial charge in [-0.3, -0.25) is 19.7 Å². The lowest BCUT2D eigenvalue weighted by Gasteiger charge is -2.17. The average molecular weight is 403 g/mol. The number of carbonyl (C=O) groups excluding carboxylic acids is 1. The first-order valence-electron chi connectivity index (χ1n) is 9.13. The summed E-state index contributed by atoms with van der Waals surface area (Å²) in [4.78, 5) is 39.3. The number of nitro benzene ring substituents is 1. The minimum absolute atomic E-state index is 0.0218. The molecule has 0 aliphatic rings. The number of carbonyl (C=O) groups is 1. The third-order valence-corrected chi connectivity index (χ3v) is 4.77. The van der Waals surface area contributed by atoms with Crippen molar-refractivity contribution in [3.63, 3.8) is 0 Å². The van der Waals surface area contributed by atoms with Crippen LogP contribution >= 0.6 is 0 Å². The quantitative estimate of drug-likeness (QED) is 0.401. The molecule has 1 N–H and O–H groups in total. The van der Waals surface area contributed by atoms with Gasteiger partial charge in [0, 0.05) is 48.3 Å². The monoisotopic (exact) mass is 403 g/mol. The second kappa shape index (κ2) is 7.67. The highest BCUT2D eigenvalue weighted by atomic mass is 16.6. The summed E-state index contributed by atoms with van der Waals surface area (Å²) in [5.41, 5.74) is 1.81. The summed E-state index contributed by atoms with van der Waals surface area (Å²) in [6.07, 6.45) is 0. The van der Waals surface area contributed by atoms with Crippen LogP contribution in [0.15, 0.2) is 75.9 Å². The van der Waals surface area contributed by atoms with Crippen molar-refractivity contribution in [2.75, 3.05) is 7.05 Å². The number of hydrogen-bond donors (Lipinski definition) is 1. The molecule has 2 heterocycles. The van der Waals surface area contributed by atoms with Gasteiger partial charge in [0.15, 0.2) is 5.76 Å². The number of H-pyrrole nitrogens is 1. The maximum atomic E-state index is 12.8. The molecule has 8 nitrogen and oxygen atoms in total. The molecule has 0 saturated heterocycles. The topological polar surface area (TPSA) is 109 Å². The predicted octanol–water partition coefficient (Wildman–Crippen LogP) is 3.97. The molecule has 0 unspecified atom stereocenters. The standard InChI is InChI=1S/C22H17N3O5/c1-24(13-15-12-21(26)23-18-5-3-2-4-17(15)18)22(27)20-11-10-19(30-20)14-6-8-16(9-7-14)25(28)29/h2-12H,13H2,1H3,(H,23,26). The molecule has 2 aromatic carbocycles. The number of aromatic nitrogens is 1. The van der Waals surface area contributed by atoms with Crippen molar-refractivity contribution < 1.29 is 14.1 Å². The number of aromatic amines is 1. The van der Waals surface area contributed by atoms with Crippen LogP contribution in [0.5, 0.6) is 0 Å². The second-order valence-corrected chi connectivity index (χ2v) is 6.83. The van der Waals surface area contributed by atoms with Crippen molar-refractivity contribution in [1.29, 1.82) is 0 Å². The number of fused-ring (bicyclic) bond motifs is 1. The van der Waals surface area contributed by atoms with Gasteiger partial charge in [-0.15, -0.1) is 0 Å². The van der Waals surface area contributed by atoms with E-state index >= 15 is 0 Å². The molecule has 0 fully saturated rings. The number of rotatable bonds is 5. The Kier molecular flexibility index (Phi) is 4.89. The number of para-hydroxylation sites is 1. The molecule has 150 valence electrons. The number of nitrogens with one attached hydrogen (secondary N) is 1. The van der Waals surface area contributed by atoms with Crippen LogP contribution in [0.2, 0.25) is 0 Å². The van der Waals surface area contributed by atoms with Crippen LogP contribution in [-0.2, 0) is 6.54 Å². The smallest absolute Gasteiger partial charge is 0.289 e. The third-order valence-electron chi connectivity index (χ3n) is 4.77. The Labute approximate surface area is 170 Å². The lowest BCUT2D eigenvalue weighted by atomic mass is 10.1. The summed E-state index contributed by atoms with van der Waals surface area (Å²) in [6, 6.07) is 18.0. The molecule has 0 spiro atoms. The molecule has 0 radical (unpaired) electrons. The van der Waals surface area contributed by atoms with Gasteiger partial charge >= 0.3 is 0 Å². The van der Waals surface area contributed by atoms with Crippen LogP contribution < -0.4 is 5.56 Å². The molecule has 8 heteroatoms. The molecule has 2 aromatic heterocycles. The van der Waals surface area contributed by atoms with E-state index in [-0.39, 0.29) is 29.5 Å². The number of furan rings is 1. The van der Waals surface area contributed by atoms with E-state index in [2.05, 4.69) is 4.98 Å². The van der Waals surface area contributed by atoms with Gasteiger partial charge in [-0.1, -0.05) is 18.2 Å². The molecule has 0 saturated carbocycles. The lowest BCUT2D eigenvalue weighted by molar-refractivity contribution is -0.384. The Morgan fingerprint density at radius 1 is 1.10 bits per heavy atom. The Morgan fingerprint density at radius 3 is 2.57 bits per heavy atom. The molecular weight excluding hydrogens is 386 g/mol. The van der Waals surface area contributed by atoms with Crippen LogP contribution in [0.25, 0.3) is 22.2 Å². The van der Waals surface area contributed by atoms with Gasteiger partial charge in [-0.2, -0.15) is 0 Å². The van der Waals surface area contributed by atoms with Crippen LogP contribution in [0, 0.1) is 10.1 Å². The normalized spacial score (nSPS) is 10.8. The maximum absolute atomic E-state index is 12.8. The molecule has 1 amide bonds. The number of nitrogens with zero attached hydrogens (tertiary/aromatic N) is 2. The van der Waals surface area contributed by atoms with Crippen LogP contribution in [0.4, 0.5) is 5.69 Å². The number of amides is 1. The van der Waals surface area contributed by atoms with Crippen molar-refractivity contribution in [3.8, 4) is 11.3 Å². The lowest BCUT2D eigenvalue weighted by Crippen LogP contribution is -2.26. The van der Waals surface area contributed by atoms with Crippen molar-refractivity contribution in [2.45, 2.75) is 6.54 Å². The van der Waals surface area contributed by atoms with E-state index < -0.39 is 4.92 Å². The SMILES string of the molecule is CN(Cc1cc(=O)[nH]c2ccccc12)C(=O)c1ccc(-c2ccc([N+](=O)[O-])cc2)o1. The number of pyridine rings is 1. The molecule has 4 aromatic rings. The van der Waals surface area contributed by atoms with Gasteiger partial charge in [0.05, 0.1) is 4.92 Å². The molecule has 0 aliphatic heterocycles. The van der Waals surface area contributed by atoms with E-state index in [0.717, 1.165) is 10.9 Å². The zero-order valence-electron chi connectivity index (χ0n) is 16.0. The van der Waals surface area contributed by atoms with Crippen LogP contribution in [0.3, 0.4) is 0 Å². The first-order chi connectivity index (χ1) is 14.4. The Hall–Kier alpha value is -4.20. The highest BCUT2D eigenvalue weighted by molar-refractivity contribution is 5.92. The molecular formula is C22H17N3O5. The second-order valence-electron chi connectivity index (χ2n) is 6.83. The van der Waals surface area contributed by atoms with E-state index in [9.17, 15) is 19.7 Å². The van der Waals surface area contributed by atoms with E-state index in [0.29, 0.717) is 16.8 Å². The van der Waals surface area contributed by atoms with E-state index in [1.54, 1.807) is 31.3 Å². The van der Waals surface area contributed by atoms with Gasteiger partial charge in [-0.05, 0) is 35.9 Å². The summed E-state index contributed by atoms with van der Waals surface area (Å²) in [5, 5.41) is 11.6. The fraction of sp³-hybridized carbons (Fsp3) is 0.0909. The predicted molar refractivity (Wildman–Crippen MR) is 111 cm³/mol. The maximum Gasteiger partial charge on any atom is 0.289 e. The summed E-state index contributed by atoms with van der Waals surface area (Å²) in [6.45, 7) is 0.233. The van der Waals surface area contributed by atoms with Crippen LogP contribution in [-0.4, -0.2) is 27.8 Å². The molecule has 30 heavy (non-hydrogen) atoms. The molecule has 0 aliphatic carbocycles. The Morgan fingerprint density at radius 2 is 1.83 bits per heavy atom. The van der Waals surface area contributed by atoms with E-state index in [4.69, 9.17) is 4.42 Å². The molecule has 4 rings (SSSR count). The van der Waals surface area contributed by atoms with Gasteiger partial charge in [0.1, 0.15) is 5.76 Å². The van der Waals surface area contributed by atoms with Crippen molar-refractivity contribution in [2.24, 2.45) is 0 Å². The van der Waals surface area contributed by atoms with Gasteiger partial charge in [-0.25, -0.2) is 0 Å². The Balaban J connectivity index is 1.56. The summed E-state index contributed by atoms with van der Waals surface area (Å²) in [7, 11) is 1.63. The minimum Gasteiger partial charge on any atom is -0.451 e. The minimum atomic E-state index is -0.478. The molecule has 0 atom stereocenters. The van der Waals surface area contributed by atoms with Crippen molar-refractivity contribution in [3.05, 3.63) is 98.5 Å². The summed E-state index contributed by atoms with van der Waals surface area (Å²) in [5.74, 6) is 0.232. The average Bonchev–Trinajstić information content (AvgIpc) is 3.23. The fourth-order valence-corrected chi connectivity index (χ4v) is 3.28. The summed E-state index contributed by atoms with van der Waals surface area (Å²) >= 11 is 0. The van der Waals surface area contributed by atoms with E-state index in [1.165, 1.54) is 23.1 Å². The Bertz CT molecular complexity index is 1300. The number of non-ortho nitro benzene ring substituents is 1. The van der Waals surface area contributed by atoms with E-state index in [1.807, 2.05) is 24.3 Å². The highest BCUT2D eigenvalue weighted by Crippen LogP contribution is 2.25. The number of nitro groups is 1. The van der Waals surface area contributed by atoms with Gasteiger partial charge in [0.25, 0.3) is 11.6 Å². The number of benzene rings is 2. The van der Waals surface area contributed by atoms with Crippen LogP contribution in [0.1, 0.15) is 16.1 Å². The zero-order chi connectivity index (χ0) is 21.3. The molecule has 0 bridgehead atoms. The zero-order valence-corrected chi connectivity index (χ0v) is 16.0. The first kappa shape index (κ1) is 19.1. The summed E-state index contributed by atoms with van der Waals surface area (Å²) < 4.78 is 5.67. The van der Waals surface area contributed by atoms with Gasteiger partial charge in [0.2, 0.25) is 5.56 Å². The van der Waals surface area contributed by atoms with Crippen molar-refractivity contribution in [1.82, 2.24) is 9.88 Å². The largest absolute Gasteiger partial charge is 0.451 e. The fourth-order valence-electron chi connectivity index (χ4n) is 3.28. The van der Waals surface area contributed by atoms with Crippen molar-refractivity contribution >= 4 is 22.5 Å². The first-order valence-corrected chi connectivity index (χ1v) is 9.13.